The molecule has 1 fully saturated rings. The molecule has 0 amide bonds. The third-order valence-electron chi connectivity index (χ3n) is 5.97. The Hall–Kier alpha value is -3.04. The van der Waals surface area contributed by atoms with Gasteiger partial charge in [-0.1, -0.05) is 19.1 Å². The van der Waals surface area contributed by atoms with E-state index in [9.17, 15) is 18.5 Å². The van der Waals surface area contributed by atoms with E-state index in [-0.39, 0.29) is 15.5 Å². The molecule has 168 valence electrons. The molecule has 1 aromatic heterocycles. The van der Waals surface area contributed by atoms with Gasteiger partial charge in [-0.3, -0.25) is 15.1 Å². The lowest BCUT2D eigenvalue weighted by atomic mass is 10.1. The van der Waals surface area contributed by atoms with E-state index in [1.54, 1.807) is 18.2 Å². The maximum atomic E-state index is 13.7. The fourth-order valence-electron chi connectivity index (χ4n) is 4.09. The lowest BCUT2D eigenvalue weighted by Gasteiger charge is -2.26. The first-order valence-corrected chi connectivity index (χ1v) is 12.1. The van der Waals surface area contributed by atoms with E-state index in [4.69, 9.17) is 0 Å². The summed E-state index contributed by atoms with van der Waals surface area (Å²) in [6.07, 6.45) is 3.06. The van der Waals surface area contributed by atoms with E-state index in [0.29, 0.717) is 29.7 Å². The van der Waals surface area contributed by atoms with Crippen LogP contribution in [0.1, 0.15) is 18.9 Å². The average Bonchev–Trinajstić information content (AvgIpc) is 3.02. The standard InChI is InChI=1S/C23H26N4O4S/c1-3-17-5-8-19(9-6-17)32(30,31)22-16-24-21-10-7-18(27(28)29)15-20(21)23(22)26-12-4-11-25(2)13-14-26/h5-10,15-16H,3-4,11-14H2,1-2H3. The maximum absolute atomic E-state index is 13.7. The van der Waals surface area contributed by atoms with Gasteiger partial charge in [0.25, 0.3) is 5.69 Å². The van der Waals surface area contributed by atoms with Gasteiger partial charge < -0.3 is 9.80 Å². The van der Waals surface area contributed by atoms with Crippen molar-refractivity contribution in [1.29, 1.82) is 0 Å². The van der Waals surface area contributed by atoms with E-state index in [0.717, 1.165) is 31.5 Å². The number of nitro benzene ring substituents is 1. The zero-order valence-electron chi connectivity index (χ0n) is 18.2. The van der Waals surface area contributed by atoms with Gasteiger partial charge in [0, 0.05) is 43.4 Å². The van der Waals surface area contributed by atoms with Gasteiger partial charge in [0.15, 0.2) is 0 Å². The number of sulfone groups is 1. The van der Waals surface area contributed by atoms with Crippen molar-refractivity contribution in [2.75, 3.05) is 38.1 Å². The number of aromatic nitrogens is 1. The SMILES string of the molecule is CCc1ccc(S(=O)(=O)c2cnc3ccc([N+](=O)[O-])cc3c2N2CCCN(C)CC2)cc1. The van der Waals surface area contributed by atoms with Gasteiger partial charge in [-0.2, -0.15) is 0 Å². The number of rotatable bonds is 5. The number of hydrogen-bond donors (Lipinski definition) is 0. The molecule has 0 radical (unpaired) electrons. The van der Waals surface area contributed by atoms with Crippen LogP contribution in [0, 0.1) is 10.1 Å². The summed E-state index contributed by atoms with van der Waals surface area (Å²) in [4.78, 5) is 19.8. The lowest BCUT2D eigenvalue weighted by molar-refractivity contribution is -0.384. The Labute approximate surface area is 187 Å². The quantitative estimate of drug-likeness (QED) is 0.428. The van der Waals surface area contributed by atoms with Gasteiger partial charge in [-0.05, 0) is 50.2 Å². The van der Waals surface area contributed by atoms with Crippen LogP contribution in [0.3, 0.4) is 0 Å². The van der Waals surface area contributed by atoms with Crippen molar-refractivity contribution in [2.24, 2.45) is 0 Å². The number of fused-ring (bicyclic) bond motifs is 1. The number of anilines is 1. The topological polar surface area (TPSA) is 96.6 Å². The number of nitrogens with zero attached hydrogens (tertiary/aromatic N) is 4. The smallest absolute Gasteiger partial charge is 0.270 e. The summed E-state index contributed by atoms with van der Waals surface area (Å²) in [7, 11) is -1.85. The zero-order valence-corrected chi connectivity index (χ0v) is 19.0. The monoisotopic (exact) mass is 454 g/mol. The Bertz CT molecular complexity index is 1260. The van der Waals surface area contributed by atoms with Crippen molar-refractivity contribution < 1.29 is 13.3 Å². The second-order valence-electron chi connectivity index (χ2n) is 8.07. The molecule has 8 nitrogen and oxygen atoms in total. The van der Waals surface area contributed by atoms with Crippen LogP contribution in [0.2, 0.25) is 0 Å². The third-order valence-corrected chi connectivity index (χ3v) is 7.74. The number of aryl methyl sites for hydroxylation is 1. The highest BCUT2D eigenvalue weighted by molar-refractivity contribution is 7.91. The molecule has 1 aliphatic rings. The van der Waals surface area contributed by atoms with Gasteiger partial charge in [0.2, 0.25) is 9.84 Å². The largest absolute Gasteiger partial charge is 0.369 e. The molecule has 9 heteroatoms. The summed E-state index contributed by atoms with van der Waals surface area (Å²) in [5.41, 5.74) is 1.98. The Balaban J connectivity index is 1.95. The molecule has 1 saturated heterocycles. The molecule has 0 unspecified atom stereocenters. The molecule has 0 spiro atoms. The van der Waals surface area contributed by atoms with Crippen molar-refractivity contribution in [3.8, 4) is 0 Å². The maximum Gasteiger partial charge on any atom is 0.270 e. The van der Waals surface area contributed by atoms with Gasteiger partial charge in [0.05, 0.1) is 21.0 Å². The molecule has 32 heavy (non-hydrogen) atoms. The lowest BCUT2D eigenvalue weighted by Crippen LogP contribution is -2.30. The van der Waals surface area contributed by atoms with Crippen molar-refractivity contribution in [3.63, 3.8) is 0 Å². The minimum Gasteiger partial charge on any atom is -0.369 e. The van der Waals surface area contributed by atoms with E-state index >= 15 is 0 Å². The second kappa shape index (κ2) is 8.84. The van der Waals surface area contributed by atoms with Crippen molar-refractivity contribution in [3.05, 3.63) is 64.3 Å². The normalized spacial score (nSPS) is 15.6. The van der Waals surface area contributed by atoms with Crippen LogP contribution >= 0.6 is 0 Å². The first-order chi connectivity index (χ1) is 15.3. The Morgan fingerprint density at radius 3 is 2.50 bits per heavy atom. The van der Waals surface area contributed by atoms with E-state index in [1.165, 1.54) is 18.3 Å². The van der Waals surface area contributed by atoms with Crippen molar-refractivity contribution in [1.82, 2.24) is 9.88 Å². The highest BCUT2D eigenvalue weighted by Crippen LogP contribution is 2.37. The summed E-state index contributed by atoms with van der Waals surface area (Å²) in [6, 6.07) is 11.3. The predicted octanol–water partition coefficient (Wildman–Crippen LogP) is 3.68. The van der Waals surface area contributed by atoms with Gasteiger partial charge in [0.1, 0.15) is 4.90 Å². The van der Waals surface area contributed by atoms with E-state index in [2.05, 4.69) is 9.88 Å². The number of non-ortho nitro benzene ring substituents is 1. The minimum atomic E-state index is -3.88. The Kier molecular flexibility index (Phi) is 6.12. The molecule has 0 atom stereocenters. The minimum absolute atomic E-state index is 0.0827. The molecule has 0 bridgehead atoms. The predicted molar refractivity (Wildman–Crippen MR) is 124 cm³/mol. The Morgan fingerprint density at radius 2 is 1.81 bits per heavy atom. The van der Waals surface area contributed by atoms with Gasteiger partial charge >= 0.3 is 0 Å². The molecule has 0 saturated carbocycles. The summed E-state index contributed by atoms with van der Waals surface area (Å²) < 4.78 is 27.4. The summed E-state index contributed by atoms with van der Waals surface area (Å²) >= 11 is 0. The van der Waals surface area contributed by atoms with Crippen molar-refractivity contribution >= 4 is 32.1 Å². The average molecular weight is 455 g/mol. The first kappa shape index (κ1) is 22.2. The van der Waals surface area contributed by atoms with E-state index < -0.39 is 14.8 Å². The first-order valence-electron chi connectivity index (χ1n) is 10.7. The summed E-state index contributed by atoms with van der Waals surface area (Å²) in [5.74, 6) is 0. The molecule has 4 rings (SSSR count). The number of pyridine rings is 1. The molecule has 0 aliphatic carbocycles. The second-order valence-corrected chi connectivity index (χ2v) is 9.99. The molecular weight excluding hydrogens is 428 g/mol. The van der Waals surface area contributed by atoms with Crippen LogP contribution in [-0.4, -0.2) is 56.5 Å². The third kappa shape index (κ3) is 4.18. The Morgan fingerprint density at radius 1 is 1.06 bits per heavy atom. The zero-order chi connectivity index (χ0) is 22.9. The highest BCUT2D eigenvalue weighted by atomic mass is 32.2. The van der Waals surface area contributed by atoms with Crippen LogP contribution in [0.5, 0.6) is 0 Å². The number of hydrogen-bond acceptors (Lipinski definition) is 7. The van der Waals surface area contributed by atoms with Crippen LogP contribution in [-0.2, 0) is 16.3 Å². The number of benzene rings is 2. The molecule has 2 heterocycles. The number of likely N-dealkylation sites (N-methyl/N-ethyl adjacent to an activating group) is 1. The highest BCUT2D eigenvalue weighted by Gasteiger charge is 2.28. The summed E-state index contributed by atoms with van der Waals surface area (Å²) in [5, 5.41) is 11.9. The van der Waals surface area contributed by atoms with Crippen LogP contribution in [0.15, 0.2) is 58.5 Å². The van der Waals surface area contributed by atoms with Gasteiger partial charge in [-0.25, -0.2) is 8.42 Å². The van der Waals surface area contributed by atoms with Crippen LogP contribution in [0.4, 0.5) is 11.4 Å². The molecular formula is C23H26N4O4S. The van der Waals surface area contributed by atoms with Crippen LogP contribution < -0.4 is 4.90 Å². The molecule has 3 aromatic rings. The number of nitro groups is 1. The fourth-order valence-corrected chi connectivity index (χ4v) is 5.52. The van der Waals surface area contributed by atoms with Gasteiger partial charge in [-0.15, -0.1) is 0 Å². The summed E-state index contributed by atoms with van der Waals surface area (Å²) in [6.45, 7) is 4.96. The van der Waals surface area contributed by atoms with Crippen LogP contribution in [0.25, 0.3) is 10.9 Å². The van der Waals surface area contributed by atoms with E-state index in [1.807, 2.05) is 31.0 Å². The molecule has 2 aromatic carbocycles. The fraction of sp³-hybridized carbons (Fsp3) is 0.348. The molecule has 1 aliphatic heterocycles. The molecule has 0 N–H and O–H groups in total. The van der Waals surface area contributed by atoms with Crippen molar-refractivity contribution in [2.45, 2.75) is 29.6 Å².